The highest BCUT2D eigenvalue weighted by molar-refractivity contribution is 5.41. The summed E-state index contributed by atoms with van der Waals surface area (Å²) in [5.41, 5.74) is 5.58. The van der Waals surface area contributed by atoms with E-state index in [4.69, 9.17) is 5.73 Å². The summed E-state index contributed by atoms with van der Waals surface area (Å²) in [7, 11) is 0. The summed E-state index contributed by atoms with van der Waals surface area (Å²) in [6, 6.07) is 2.33. The lowest BCUT2D eigenvalue weighted by atomic mass is 10.0. The fraction of sp³-hybridized carbons (Fsp3) is 0.455. The number of nitrogens with two attached hydrogens (primary N) is 1. The van der Waals surface area contributed by atoms with Crippen LogP contribution in [-0.2, 0) is 6.42 Å². The second kappa shape index (κ2) is 4.40. The Morgan fingerprint density at radius 3 is 2.14 bits per heavy atom. The van der Waals surface area contributed by atoms with E-state index in [1.54, 1.807) is 0 Å². The Morgan fingerprint density at radius 2 is 1.71 bits per heavy atom. The molecule has 0 spiro atoms. The second-order valence-electron chi connectivity index (χ2n) is 3.90. The molecule has 0 bridgehead atoms. The van der Waals surface area contributed by atoms with Gasteiger partial charge in [-0.25, -0.2) is 8.78 Å². The highest BCUT2D eigenvalue weighted by Gasteiger charge is 2.10. The molecule has 0 saturated heterocycles. The third kappa shape index (κ3) is 2.69. The zero-order valence-corrected chi connectivity index (χ0v) is 8.48. The Labute approximate surface area is 82.9 Å². The maximum Gasteiger partial charge on any atom is 0.131 e. The van der Waals surface area contributed by atoms with E-state index in [2.05, 4.69) is 0 Å². The molecular formula is C11H15F2N. The Bertz CT molecular complexity index is 298. The summed E-state index contributed by atoms with van der Waals surface area (Å²) in [6.45, 7) is 4.04. The van der Waals surface area contributed by atoms with Crippen LogP contribution in [0, 0.1) is 17.6 Å². The van der Waals surface area contributed by atoms with Crippen LogP contribution in [0.2, 0.25) is 0 Å². The van der Waals surface area contributed by atoms with Crippen LogP contribution < -0.4 is 5.73 Å². The van der Waals surface area contributed by atoms with Gasteiger partial charge in [-0.3, -0.25) is 0 Å². The van der Waals surface area contributed by atoms with Gasteiger partial charge < -0.3 is 5.73 Å². The zero-order valence-electron chi connectivity index (χ0n) is 8.48. The summed E-state index contributed by atoms with van der Waals surface area (Å²) in [4.78, 5) is 0. The molecule has 0 unspecified atom stereocenters. The molecule has 0 atom stereocenters. The van der Waals surface area contributed by atoms with Gasteiger partial charge in [-0.2, -0.15) is 0 Å². The summed E-state index contributed by atoms with van der Waals surface area (Å²) >= 11 is 0. The maximum atomic E-state index is 13.2. The van der Waals surface area contributed by atoms with E-state index in [9.17, 15) is 8.78 Å². The first-order chi connectivity index (χ1) is 6.50. The lowest BCUT2D eigenvalue weighted by Gasteiger charge is -2.07. The molecule has 0 fully saturated rings. The van der Waals surface area contributed by atoms with Crippen molar-refractivity contribution in [2.45, 2.75) is 26.7 Å². The average molecular weight is 199 g/mol. The smallest absolute Gasteiger partial charge is 0.131 e. The van der Waals surface area contributed by atoms with Gasteiger partial charge in [0.2, 0.25) is 0 Å². The van der Waals surface area contributed by atoms with Gasteiger partial charge in [0.15, 0.2) is 0 Å². The Hall–Kier alpha value is -1.12. The van der Waals surface area contributed by atoms with E-state index in [-0.39, 0.29) is 11.3 Å². The van der Waals surface area contributed by atoms with Crippen LogP contribution in [0.1, 0.15) is 25.8 Å². The standard InChI is InChI=1S/C11H15F2N/c1-7(2)3-4-9-10(12)5-8(14)6-11(9)13/h5-7H,3-4,14H2,1-2H3. The van der Waals surface area contributed by atoms with Crippen LogP contribution in [0.15, 0.2) is 12.1 Å². The number of halogens is 2. The van der Waals surface area contributed by atoms with Gasteiger partial charge >= 0.3 is 0 Å². The normalized spacial score (nSPS) is 10.9. The van der Waals surface area contributed by atoms with Crippen molar-refractivity contribution < 1.29 is 8.78 Å². The molecule has 0 radical (unpaired) electrons. The van der Waals surface area contributed by atoms with Crippen LogP contribution in [0.5, 0.6) is 0 Å². The molecule has 1 aromatic rings. The van der Waals surface area contributed by atoms with Crippen molar-refractivity contribution in [1.29, 1.82) is 0 Å². The molecule has 0 heterocycles. The summed E-state index contributed by atoms with van der Waals surface area (Å²) in [5.74, 6) is -0.641. The molecule has 1 rings (SSSR count). The highest BCUT2D eigenvalue weighted by Crippen LogP contribution is 2.19. The van der Waals surface area contributed by atoms with Gasteiger partial charge in [-0.1, -0.05) is 13.8 Å². The molecular weight excluding hydrogens is 184 g/mol. The molecule has 78 valence electrons. The van der Waals surface area contributed by atoms with Crippen LogP contribution in [0.25, 0.3) is 0 Å². The maximum absolute atomic E-state index is 13.2. The third-order valence-corrected chi connectivity index (χ3v) is 2.14. The van der Waals surface area contributed by atoms with E-state index in [1.165, 1.54) is 12.1 Å². The SMILES string of the molecule is CC(C)CCc1c(F)cc(N)cc1F. The van der Waals surface area contributed by atoms with Crippen molar-refractivity contribution in [2.75, 3.05) is 5.73 Å². The van der Waals surface area contributed by atoms with Crippen molar-refractivity contribution in [3.63, 3.8) is 0 Å². The fourth-order valence-corrected chi connectivity index (χ4v) is 1.29. The van der Waals surface area contributed by atoms with E-state index in [0.29, 0.717) is 12.3 Å². The van der Waals surface area contributed by atoms with Crippen LogP contribution in [0.4, 0.5) is 14.5 Å². The fourth-order valence-electron chi connectivity index (χ4n) is 1.29. The molecule has 2 N–H and O–H groups in total. The first-order valence-corrected chi connectivity index (χ1v) is 4.74. The van der Waals surface area contributed by atoms with Crippen molar-refractivity contribution in [3.05, 3.63) is 29.3 Å². The minimum atomic E-state index is -0.539. The molecule has 0 amide bonds. The molecule has 1 nitrogen and oxygen atoms in total. The van der Waals surface area contributed by atoms with Crippen LogP contribution >= 0.6 is 0 Å². The van der Waals surface area contributed by atoms with Gasteiger partial charge in [-0.05, 0) is 30.9 Å². The van der Waals surface area contributed by atoms with Crippen LogP contribution in [0.3, 0.4) is 0 Å². The minimum absolute atomic E-state index is 0.133. The quantitative estimate of drug-likeness (QED) is 0.743. The van der Waals surface area contributed by atoms with Crippen molar-refractivity contribution in [1.82, 2.24) is 0 Å². The first kappa shape index (κ1) is 11.0. The van der Waals surface area contributed by atoms with Gasteiger partial charge in [0, 0.05) is 11.3 Å². The Balaban J connectivity index is 2.86. The molecule has 0 aliphatic rings. The number of nitrogen functional groups attached to an aromatic ring is 1. The van der Waals surface area contributed by atoms with Gasteiger partial charge in [-0.15, -0.1) is 0 Å². The van der Waals surface area contributed by atoms with Gasteiger partial charge in [0.25, 0.3) is 0 Å². The van der Waals surface area contributed by atoms with Crippen molar-refractivity contribution >= 4 is 5.69 Å². The largest absolute Gasteiger partial charge is 0.399 e. The highest BCUT2D eigenvalue weighted by atomic mass is 19.1. The molecule has 0 saturated carbocycles. The number of benzene rings is 1. The third-order valence-electron chi connectivity index (χ3n) is 2.14. The number of hydrogen-bond acceptors (Lipinski definition) is 1. The van der Waals surface area contributed by atoms with E-state index < -0.39 is 11.6 Å². The zero-order chi connectivity index (χ0) is 10.7. The summed E-state index contributed by atoms with van der Waals surface area (Å²) in [6.07, 6.45) is 1.20. The number of hydrogen-bond donors (Lipinski definition) is 1. The summed E-state index contributed by atoms with van der Waals surface area (Å²) in [5, 5.41) is 0. The predicted octanol–water partition coefficient (Wildman–Crippen LogP) is 3.14. The Morgan fingerprint density at radius 1 is 1.21 bits per heavy atom. The Kier molecular flexibility index (Phi) is 3.44. The molecule has 0 aliphatic heterocycles. The van der Waals surface area contributed by atoms with Crippen LogP contribution in [-0.4, -0.2) is 0 Å². The number of rotatable bonds is 3. The van der Waals surface area contributed by atoms with E-state index in [1.807, 2.05) is 13.8 Å². The topological polar surface area (TPSA) is 26.0 Å². The molecule has 3 heteroatoms. The van der Waals surface area contributed by atoms with E-state index >= 15 is 0 Å². The lowest BCUT2D eigenvalue weighted by Crippen LogP contribution is -2.00. The molecule has 0 aliphatic carbocycles. The monoisotopic (exact) mass is 199 g/mol. The summed E-state index contributed by atoms with van der Waals surface area (Å²) < 4.78 is 26.5. The molecule has 1 aromatic carbocycles. The van der Waals surface area contributed by atoms with Crippen molar-refractivity contribution in [2.24, 2.45) is 5.92 Å². The van der Waals surface area contributed by atoms with Gasteiger partial charge in [0.05, 0.1) is 0 Å². The van der Waals surface area contributed by atoms with Gasteiger partial charge in [0.1, 0.15) is 11.6 Å². The second-order valence-corrected chi connectivity index (χ2v) is 3.90. The molecule has 0 aromatic heterocycles. The first-order valence-electron chi connectivity index (χ1n) is 4.74. The lowest BCUT2D eigenvalue weighted by molar-refractivity contribution is 0.523. The number of anilines is 1. The van der Waals surface area contributed by atoms with Crippen molar-refractivity contribution in [3.8, 4) is 0 Å². The predicted molar refractivity (Wildman–Crippen MR) is 53.9 cm³/mol. The van der Waals surface area contributed by atoms with E-state index in [0.717, 1.165) is 6.42 Å². The molecule has 14 heavy (non-hydrogen) atoms. The minimum Gasteiger partial charge on any atom is -0.399 e. The average Bonchev–Trinajstić information content (AvgIpc) is 2.01.